The van der Waals surface area contributed by atoms with Crippen molar-refractivity contribution in [1.82, 2.24) is 0 Å². The molecule has 0 spiro atoms. The summed E-state index contributed by atoms with van der Waals surface area (Å²) in [6.45, 7) is 1.31. The fourth-order valence-electron chi connectivity index (χ4n) is 1.84. The molecule has 3 rings (SSSR count). The van der Waals surface area contributed by atoms with Gasteiger partial charge in [-0.15, -0.1) is 0 Å². The molecule has 3 nitrogen and oxygen atoms in total. The van der Waals surface area contributed by atoms with E-state index in [1.807, 2.05) is 42.5 Å². The van der Waals surface area contributed by atoms with Crippen LogP contribution in [0.25, 0.3) is 0 Å². The van der Waals surface area contributed by atoms with Crippen LogP contribution in [0, 0.1) is 0 Å². The monoisotopic (exact) mass is 254 g/mol. The molecule has 1 aliphatic rings. The maximum atomic E-state index is 12.3. The highest BCUT2D eigenvalue weighted by Crippen LogP contribution is 2.18. The van der Waals surface area contributed by atoms with Crippen molar-refractivity contribution in [2.24, 2.45) is 0 Å². The van der Waals surface area contributed by atoms with Crippen molar-refractivity contribution < 1.29 is 14.3 Å². The van der Waals surface area contributed by atoms with Crippen molar-refractivity contribution in [3.8, 4) is 5.75 Å². The van der Waals surface area contributed by atoms with Crippen LogP contribution in [0.5, 0.6) is 5.75 Å². The summed E-state index contributed by atoms with van der Waals surface area (Å²) in [6, 6.07) is 16.5. The molecule has 1 aliphatic heterocycles. The summed E-state index contributed by atoms with van der Waals surface area (Å²) in [5, 5.41) is 0. The van der Waals surface area contributed by atoms with Gasteiger partial charge in [-0.1, -0.05) is 42.5 Å². The third-order valence-corrected chi connectivity index (χ3v) is 2.97. The standard InChI is InChI=1S/C16H14O3/c17-16(12-5-2-1-3-6-12)13-7-4-8-14(9-13)18-10-15-11-19-15/h1-9,15H,10-11H2/t15-/m0/s1. The molecule has 0 saturated carbocycles. The van der Waals surface area contributed by atoms with Crippen LogP contribution in [-0.2, 0) is 4.74 Å². The zero-order chi connectivity index (χ0) is 13.1. The van der Waals surface area contributed by atoms with Gasteiger partial charge in [0.2, 0.25) is 0 Å². The number of hydrogen-bond acceptors (Lipinski definition) is 3. The molecule has 0 aromatic heterocycles. The first-order chi connectivity index (χ1) is 9.33. The highest BCUT2D eigenvalue weighted by Gasteiger charge is 2.23. The summed E-state index contributed by atoms with van der Waals surface area (Å²) in [4.78, 5) is 12.3. The largest absolute Gasteiger partial charge is 0.491 e. The van der Waals surface area contributed by atoms with Crippen LogP contribution in [-0.4, -0.2) is 25.1 Å². The van der Waals surface area contributed by atoms with Crippen LogP contribution in [0.2, 0.25) is 0 Å². The van der Waals surface area contributed by atoms with Gasteiger partial charge in [0.1, 0.15) is 18.5 Å². The van der Waals surface area contributed by atoms with Gasteiger partial charge in [0.05, 0.1) is 6.61 Å². The van der Waals surface area contributed by atoms with E-state index in [2.05, 4.69) is 0 Å². The van der Waals surface area contributed by atoms with E-state index >= 15 is 0 Å². The van der Waals surface area contributed by atoms with Crippen LogP contribution in [0.3, 0.4) is 0 Å². The molecule has 1 atom stereocenters. The SMILES string of the molecule is O=C(c1ccccc1)c1cccc(OC[C@H]2CO2)c1. The number of ketones is 1. The second-order valence-electron chi connectivity index (χ2n) is 4.49. The topological polar surface area (TPSA) is 38.8 Å². The minimum absolute atomic E-state index is 0.00808. The molecule has 1 fully saturated rings. The third kappa shape index (κ3) is 3.01. The van der Waals surface area contributed by atoms with E-state index in [-0.39, 0.29) is 11.9 Å². The van der Waals surface area contributed by atoms with Gasteiger partial charge >= 0.3 is 0 Å². The molecule has 0 bridgehead atoms. The van der Waals surface area contributed by atoms with E-state index in [1.165, 1.54) is 0 Å². The first-order valence-corrected chi connectivity index (χ1v) is 6.27. The Morgan fingerprint density at radius 3 is 2.58 bits per heavy atom. The van der Waals surface area contributed by atoms with Crippen LogP contribution < -0.4 is 4.74 Å². The number of carbonyl (C=O) groups excluding carboxylic acids is 1. The Balaban J connectivity index is 1.76. The predicted octanol–water partition coefficient (Wildman–Crippen LogP) is 2.70. The number of carbonyl (C=O) groups is 1. The lowest BCUT2D eigenvalue weighted by Crippen LogP contribution is -2.05. The van der Waals surface area contributed by atoms with Crippen molar-refractivity contribution in [3.63, 3.8) is 0 Å². The highest BCUT2D eigenvalue weighted by atomic mass is 16.6. The van der Waals surface area contributed by atoms with Crippen molar-refractivity contribution in [1.29, 1.82) is 0 Å². The maximum absolute atomic E-state index is 12.3. The average Bonchev–Trinajstić information content (AvgIpc) is 3.30. The number of hydrogen-bond donors (Lipinski definition) is 0. The van der Waals surface area contributed by atoms with E-state index in [0.717, 1.165) is 6.61 Å². The number of ether oxygens (including phenoxy) is 2. The molecule has 96 valence electrons. The summed E-state index contributed by atoms with van der Waals surface area (Å²) >= 11 is 0. The van der Waals surface area contributed by atoms with Gasteiger partial charge < -0.3 is 9.47 Å². The van der Waals surface area contributed by atoms with Gasteiger partial charge in [-0.05, 0) is 12.1 Å². The summed E-state index contributed by atoms with van der Waals surface area (Å²) in [7, 11) is 0. The molecule has 2 aromatic rings. The van der Waals surface area contributed by atoms with E-state index in [1.54, 1.807) is 12.1 Å². The number of benzene rings is 2. The molecule has 0 aliphatic carbocycles. The summed E-state index contributed by atoms with van der Waals surface area (Å²) in [6.07, 6.45) is 0.216. The average molecular weight is 254 g/mol. The Kier molecular flexibility index (Phi) is 3.29. The first kappa shape index (κ1) is 11.9. The molecular weight excluding hydrogens is 240 g/mol. The van der Waals surface area contributed by atoms with E-state index in [9.17, 15) is 4.79 Å². The highest BCUT2D eigenvalue weighted by molar-refractivity contribution is 6.09. The quantitative estimate of drug-likeness (QED) is 0.608. The zero-order valence-corrected chi connectivity index (χ0v) is 10.4. The van der Waals surface area contributed by atoms with E-state index in [0.29, 0.717) is 23.5 Å². The Morgan fingerprint density at radius 2 is 1.84 bits per heavy atom. The van der Waals surface area contributed by atoms with Crippen molar-refractivity contribution in [3.05, 3.63) is 65.7 Å². The molecule has 19 heavy (non-hydrogen) atoms. The number of rotatable bonds is 5. The van der Waals surface area contributed by atoms with Crippen LogP contribution >= 0.6 is 0 Å². The van der Waals surface area contributed by atoms with E-state index < -0.39 is 0 Å². The number of epoxide rings is 1. The van der Waals surface area contributed by atoms with Crippen molar-refractivity contribution >= 4 is 5.78 Å². The zero-order valence-electron chi connectivity index (χ0n) is 10.4. The van der Waals surface area contributed by atoms with Crippen molar-refractivity contribution in [2.75, 3.05) is 13.2 Å². The summed E-state index contributed by atoms with van der Waals surface area (Å²) in [5.74, 6) is 0.714. The third-order valence-electron chi connectivity index (χ3n) is 2.97. The molecule has 3 heteroatoms. The molecule has 1 heterocycles. The van der Waals surface area contributed by atoms with E-state index in [4.69, 9.17) is 9.47 Å². The molecule has 0 amide bonds. The fourth-order valence-corrected chi connectivity index (χ4v) is 1.84. The molecular formula is C16H14O3. The maximum Gasteiger partial charge on any atom is 0.193 e. The minimum Gasteiger partial charge on any atom is -0.491 e. The Hall–Kier alpha value is -2.13. The second kappa shape index (κ2) is 5.24. The Labute approximate surface area is 111 Å². The molecule has 2 aromatic carbocycles. The molecule has 0 N–H and O–H groups in total. The molecule has 0 radical (unpaired) electrons. The van der Waals surface area contributed by atoms with Gasteiger partial charge in [0, 0.05) is 11.1 Å². The minimum atomic E-state index is 0.00808. The smallest absolute Gasteiger partial charge is 0.193 e. The lowest BCUT2D eigenvalue weighted by atomic mass is 10.0. The molecule has 1 saturated heterocycles. The summed E-state index contributed by atoms with van der Waals surface area (Å²) < 4.78 is 10.7. The van der Waals surface area contributed by atoms with Crippen LogP contribution in [0.1, 0.15) is 15.9 Å². The van der Waals surface area contributed by atoms with Gasteiger partial charge in [0.25, 0.3) is 0 Å². The lowest BCUT2D eigenvalue weighted by Gasteiger charge is -2.06. The second-order valence-corrected chi connectivity index (χ2v) is 4.49. The summed E-state index contributed by atoms with van der Waals surface area (Å²) in [5.41, 5.74) is 1.32. The normalized spacial score (nSPS) is 16.9. The first-order valence-electron chi connectivity index (χ1n) is 6.27. The van der Waals surface area contributed by atoms with Gasteiger partial charge in [-0.3, -0.25) is 4.79 Å². The van der Waals surface area contributed by atoms with Crippen LogP contribution in [0.4, 0.5) is 0 Å². The van der Waals surface area contributed by atoms with Crippen LogP contribution in [0.15, 0.2) is 54.6 Å². The Bertz CT molecular complexity index is 574. The predicted molar refractivity (Wildman–Crippen MR) is 71.6 cm³/mol. The van der Waals surface area contributed by atoms with Gasteiger partial charge in [-0.2, -0.15) is 0 Å². The molecule has 0 unspecified atom stereocenters. The fraction of sp³-hybridized carbons (Fsp3) is 0.188. The lowest BCUT2D eigenvalue weighted by molar-refractivity contribution is 0.103. The van der Waals surface area contributed by atoms with Gasteiger partial charge in [-0.25, -0.2) is 0 Å². The Morgan fingerprint density at radius 1 is 1.11 bits per heavy atom. The van der Waals surface area contributed by atoms with Crippen molar-refractivity contribution in [2.45, 2.75) is 6.10 Å². The van der Waals surface area contributed by atoms with Gasteiger partial charge in [0.15, 0.2) is 5.78 Å².